The molecule has 0 aliphatic rings. The van der Waals surface area contributed by atoms with Crippen molar-refractivity contribution in [3.05, 3.63) is 59.7 Å². The van der Waals surface area contributed by atoms with Crippen molar-refractivity contribution < 1.29 is 27.5 Å². The Morgan fingerprint density at radius 1 is 1.04 bits per heavy atom. The number of ether oxygens (including phenoxy) is 2. The Kier molecular flexibility index (Phi) is 7.53. The topological polar surface area (TPSA) is 111 Å². The average molecular weight is 406 g/mol. The van der Waals surface area contributed by atoms with Crippen LogP contribution in [0.25, 0.3) is 0 Å². The Labute approximate surface area is 163 Å². The molecule has 0 spiro atoms. The molecule has 2 aromatic rings. The van der Waals surface area contributed by atoms with Crippen molar-refractivity contribution in [3.63, 3.8) is 0 Å². The second-order valence-corrected chi connectivity index (χ2v) is 7.63. The van der Waals surface area contributed by atoms with Crippen molar-refractivity contribution in [1.29, 1.82) is 0 Å². The van der Waals surface area contributed by atoms with Gasteiger partial charge in [-0.05, 0) is 37.3 Å². The molecule has 0 saturated heterocycles. The van der Waals surface area contributed by atoms with Crippen LogP contribution in [0.1, 0.15) is 15.9 Å². The van der Waals surface area contributed by atoms with Crippen LogP contribution in [0.3, 0.4) is 0 Å². The van der Waals surface area contributed by atoms with Crippen molar-refractivity contribution in [2.24, 2.45) is 0 Å². The zero-order valence-electron chi connectivity index (χ0n) is 15.6. The quantitative estimate of drug-likeness (QED) is 0.479. The van der Waals surface area contributed by atoms with Crippen LogP contribution >= 0.6 is 0 Å². The number of hydrogen-bond acceptors (Lipinski definition) is 6. The minimum atomic E-state index is -3.63. The highest BCUT2D eigenvalue weighted by atomic mass is 32.2. The van der Waals surface area contributed by atoms with E-state index in [0.717, 1.165) is 5.56 Å². The lowest BCUT2D eigenvalue weighted by molar-refractivity contribution is -0.142. The van der Waals surface area contributed by atoms with Gasteiger partial charge in [-0.1, -0.05) is 23.8 Å². The minimum Gasteiger partial charge on any atom is -0.482 e. The molecule has 2 rings (SSSR count). The smallest absolute Gasteiger partial charge is 0.343 e. The van der Waals surface area contributed by atoms with Gasteiger partial charge in [0.15, 0.2) is 6.61 Å². The lowest BCUT2D eigenvalue weighted by atomic mass is 10.2. The van der Waals surface area contributed by atoms with Crippen LogP contribution in [0.4, 0.5) is 0 Å². The zero-order valence-corrected chi connectivity index (χ0v) is 16.4. The molecule has 0 fully saturated rings. The van der Waals surface area contributed by atoms with Crippen molar-refractivity contribution in [2.45, 2.75) is 11.8 Å². The predicted molar refractivity (Wildman–Crippen MR) is 103 cm³/mol. The van der Waals surface area contributed by atoms with E-state index < -0.39 is 21.9 Å². The molecular formula is C19H22N2O6S. The number of nitrogens with one attached hydrogen (secondary N) is 2. The van der Waals surface area contributed by atoms with Gasteiger partial charge in [0, 0.05) is 18.7 Å². The van der Waals surface area contributed by atoms with Crippen LogP contribution in [0.15, 0.2) is 53.4 Å². The molecule has 0 aromatic heterocycles. The van der Waals surface area contributed by atoms with Crippen molar-refractivity contribution in [2.75, 3.05) is 26.8 Å². The first-order valence-electron chi connectivity index (χ1n) is 8.46. The Morgan fingerprint density at radius 3 is 2.43 bits per heavy atom. The highest BCUT2D eigenvalue weighted by molar-refractivity contribution is 7.89. The fourth-order valence-electron chi connectivity index (χ4n) is 2.19. The van der Waals surface area contributed by atoms with E-state index in [4.69, 9.17) is 4.74 Å². The summed E-state index contributed by atoms with van der Waals surface area (Å²) in [5.41, 5.74) is 1.28. The fraction of sp³-hybridized carbons (Fsp3) is 0.263. The van der Waals surface area contributed by atoms with Crippen molar-refractivity contribution in [1.82, 2.24) is 10.0 Å². The Morgan fingerprint density at radius 2 is 1.75 bits per heavy atom. The first-order chi connectivity index (χ1) is 13.3. The van der Waals surface area contributed by atoms with Crippen LogP contribution in [-0.4, -0.2) is 47.1 Å². The largest absolute Gasteiger partial charge is 0.482 e. The summed E-state index contributed by atoms with van der Waals surface area (Å²) < 4.78 is 36.5. The van der Waals surface area contributed by atoms with E-state index in [9.17, 15) is 18.0 Å². The highest BCUT2D eigenvalue weighted by Gasteiger charge is 2.13. The normalized spacial score (nSPS) is 10.9. The van der Waals surface area contributed by atoms with Gasteiger partial charge in [-0.2, -0.15) is 0 Å². The summed E-state index contributed by atoms with van der Waals surface area (Å²) in [4.78, 5) is 23.5. The van der Waals surface area contributed by atoms with Gasteiger partial charge >= 0.3 is 5.97 Å². The number of hydrogen-bond donors (Lipinski definition) is 2. The van der Waals surface area contributed by atoms with E-state index in [1.165, 1.54) is 25.3 Å². The van der Waals surface area contributed by atoms with E-state index in [2.05, 4.69) is 14.8 Å². The second kappa shape index (κ2) is 9.86. The van der Waals surface area contributed by atoms with Gasteiger partial charge in [0.05, 0.1) is 12.0 Å². The first-order valence-corrected chi connectivity index (χ1v) is 9.94. The Bertz CT molecular complexity index is 926. The molecule has 0 saturated carbocycles. The molecule has 150 valence electrons. The van der Waals surface area contributed by atoms with Crippen LogP contribution in [0, 0.1) is 6.92 Å². The monoisotopic (exact) mass is 406 g/mol. The maximum atomic E-state index is 12.2. The molecular weight excluding hydrogens is 384 g/mol. The first kappa shape index (κ1) is 21.4. The average Bonchev–Trinajstić information content (AvgIpc) is 2.69. The number of aryl methyl sites for hydroxylation is 1. The molecule has 0 aliphatic heterocycles. The molecule has 8 nitrogen and oxygen atoms in total. The molecule has 1 amide bonds. The Balaban J connectivity index is 1.84. The number of benzene rings is 2. The van der Waals surface area contributed by atoms with Gasteiger partial charge in [0.25, 0.3) is 5.91 Å². The third-order valence-corrected chi connectivity index (χ3v) is 5.19. The number of methoxy groups -OCH3 is 1. The molecule has 0 radical (unpaired) electrons. The SMILES string of the molecule is COC(=O)COc1cccc(C(=O)NCCNS(=O)(=O)c2ccc(C)cc2)c1. The number of amides is 1. The second-order valence-electron chi connectivity index (χ2n) is 5.86. The van der Waals surface area contributed by atoms with Gasteiger partial charge in [-0.15, -0.1) is 0 Å². The van der Waals surface area contributed by atoms with Crippen molar-refractivity contribution in [3.8, 4) is 5.75 Å². The van der Waals surface area contributed by atoms with Gasteiger partial charge in [0.1, 0.15) is 5.75 Å². The van der Waals surface area contributed by atoms with Crippen LogP contribution < -0.4 is 14.8 Å². The molecule has 0 heterocycles. The predicted octanol–water partition coefficient (Wildman–Crippen LogP) is 1.26. The Hall–Kier alpha value is -2.91. The maximum Gasteiger partial charge on any atom is 0.343 e. The van der Waals surface area contributed by atoms with Gasteiger partial charge < -0.3 is 14.8 Å². The summed E-state index contributed by atoms with van der Waals surface area (Å²) in [6, 6.07) is 12.8. The number of rotatable bonds is 9. The molecule has 0 atom stereocenters. The van der Waals surface area contributed by atoms with E-state index in [1.54, 1.807) is 30.3 Å². The summed E-state index contributed by atoms with van der Waals surface area (Å²) in [6.07, 6.45) is 0. The lowest BCUT2D eigenvalue weighted by Gasteiger charge is -2.09. The van der Waals surface area contributed by atoms with E-state index in [0.29, 0.717) is 11.3 Å². The molecule has 28 heavy (non-hydrogen) atoms. The number of carbonyl (C=O) groups is 2. The molecule has 0 unspecified atom stereocenters. The molecule has 9 heteroatoms. The van der Waals surface area contributed by atoms with E-state index in [-0.39, 0.29) is 24.6 Å². The number of carbonyl (C=O) groups excluding carboxylic acids is 2. The maximum absolute atomic E-state index is 12.2. The van der Waals surface area contributed by atoms with Gasteiger partial charge in [-0.25, -0.2) is 17.9 Å². The third kappa shape index (κ3) is 6.36. The molecule has 2 aromatic carbocycles. The fourth-order valence-corrected chi connectivity index (χ4v) is 3.22. The lowest BCUT2D eigenvalue weighted by Crippen LogP contribution is -2.34. The highest BCUT2D eigenvalue weighted by Crippen LogP contribution is 2.13. The van der Waals surface area contributed by atoms with Gasteiger partial charge in [0.2, 0.25) is 10.0 Å². The van der Waals surface area contributed by atoms with Crippen molar-refractivity contribution >= 4 is 21.9 Å². The molecule has 0 aliphatic carbocycles. The third-order valence-electron chi connectivity index (χ3n) is 3.71. The van der Waals surface area contributed by atoms with Gasteiger partial charge in [-0.3, -0.25) is 4.79 Å². The van der Waals surface area contributed by atoms with Crippen LogP contribution in [0.2, 0.25) is 0 Å². The summed E-state index contributed by atoms with van der Waals surface area (Å²) in [6.45, 7) is 1.76. The number of esters is 1. The van der Waals surface area contributed by atoms with Crippen LogP contribution in [0.5, 0.6) is 5.75 Å². The summed E-state index contributed by atoms with van der Waals surface area (Å²) in [5, 5.41) is 2.62. The number of sulfonamides is 1. The zero-order chi connectivity index (χ0) is 20.6. The standard InChI is InChI=1S/C19H22N2O6S/c1-14-6-8-17(9-7-14)28(24,25)21-11-10-20-19(23)15-4-3-5-16(12-15)27-13-18(22)26-2/h3-9,12,21H,10-11,13H2,1-2H3,(H,20,23). The van der Waals surface area contributed by atoms with E-state index >= 15 is 0 Å². The summed E-state index contributed by atoms with van der Waals surface area (Å²) in [5.74, 6) is -0.577. The summed E-state index contributed by atoms with van der Waals surface area (Å²) >= 11 is 0. The molecule has 2 N–H and O–H groups in total. The van der Waals surface area contributed by atoms with E-state index in [1.807, 2.05) is 6.92 Å². The minimum absolute atomic E-state index is 0.0421. The molecule has 0 bridgehead atoms. The summed E-state index contributed by atoms with van der Waals surface area (Å²) in [7, 11) is -2.38. The van der Waals surface area contributed by atoms with Crippen LogP contribution in [-0.2, 0) is 19.6 Å².